The summed E-state index contributed by atoms with van der Waals surface area (Å²) < 4.78 is 6.81. The Bertz CT molecular complexity index is 1450. The molecule has 0 fully saturated rings. The molecule has 2 aliphatic rings. The summed E-state index contributed by atoms with van der Waals surface area (Å²) >= 11 is 0. The summed E-state index contributed by atoms with van der Waals surface area (Å²) in [6.07, 6.45) is 3.45. The van der Waals surface area contributed by atoms with Gasteiger partial charge in [0.1, 0.15) is 11.3 Å². The van der Waals surface area contributed by atoms with Crippen LogP contribution in [0.15, 0.2) is 71.8 Å². The van der Waals surface area contributed by atoms with E-state index in [0.29, 0.717) is 17.8 Å². The van der Waals surface area contributed by atoms with E-state index in [9.17, 15) is 9.59 Å². The van der Waals surface area contributed by atoms with Gasteiger partial charge in [-0.1, -0.05) is 48.5 Å². The number of nitrogens with one attached hydrogen (secondary N) is 2. The molecule has 0 radical (unpaired) electrons. The number of carbonyl (C=O) groups excluding carboxylic acids is 1. The summed E-state index contributed by atoms with van der Waals surface area (Å²) in [6, 6.07) is 18.5. The van der Waals surface area contributed by atoms with Crippen LogP contribution < -0.4 is 5.56 Å². The largest absolute Gasteiger partial charge is 0.465 e. The zero-order valence-corrected chi connectivity index (χ0v) is 17.8. The second kappa shape index (κ2) is 7.85. The number of ether oxygens (including phenoxy) is 1. The monoisotopic (exact) mass is 426 g/mol. The summed E-state index contributed by atoms with van der Waals surface area (Å²) in [5.41, 5.74) is 5.09. The highest BCUT2D eigenvalue weighted by Gasteiger charge is 2.25. The summed E-state index contributed by atoms with van der Waals surface area (Å²) in [5.74, 6) is -0.544. The van der Waals surface area contributed by atoms with Crippen molar-refractivity contribution < 1.29 is 9.53 Å². The molecule has 5 rings (SSSR count). The molecule has 3 heterocycles. The Morgan fingerprint density at radius 3 is 2.62 bits per heavy atom. The van der Waals surface area contributed by atoms with Gasteiger partial charge in [0.15, 0.2) is 0 Å². The number of aryl methyl sites for hydroxylation is 1. The van der Waals surface area contributed by atoms with E-state index in [1.807, 2.05) is 34.9 Å². The summed E-state index contributed by atoms with van der Waals surface area (Å²) in [4.78, 5) is 28.2. The normalized spacial score (nSPS) is 12.3. The van der Waals surface area contributed by atoms with Gasteiger partial charge in [-0.2, -0.15) is 5.10 Å². The first-order chi connectivity index (χ1) is 15.6. The van der Waals surface area contributed by atoms with Crippen molar-refractivity contribution in [2.24, 2.45) is 0 Å². The van der Waals surface area contributed by atoms with E-state index in [0.717, 1.165) is 22.2 Å². The highest BCUT2D eigenvalue weighted by atomic mass is 16.5. The number of para-hydroxylation sites is 1. The number of methoxy groups -OCH3 is 1. The average Bonchev–Trinajstić information content (AvgIpc) is 3.36. The van der Waals surface area contributed by atoms with Crippen LogP contribution in [0.2, 0.25) is 0 Å². The fourth-order valence-electron chi connectivity index (χ4n) is 4.46. The van der Waals surface area contributed by atoms with E-state index in [1.54, 1.807) is 12.4 Å². The van der Waals surface area contributed by atoms with E-state index in [4.69, 9.17) is 4.74 Å². The second-order valence-electron chi connectivity index (χ2n) is 7.85. The van der Waals surface area contributed by atoms with Crippen molar-refractivity contribution in [2.45, 2.75) is 19.4 Å². The second-order valence-corrected chi connectivity index (χ2v) is 7.85. The lowest BCUT2D eigenvalue weighted by molar-refractivity contribution is 0.0600. The van der Waals surface area contributed by atoms with Crippen LogP contribution in [0.5, 0.6) is 0 Å². The molecule has 2 aromatic carbocycles. The Morgan fingerprint density at radius 1 is 1.09 bits per heavy atom. The van der Waals surface area contributed by atoms with Crippen LogP contribution in [0.25, 0.3) is 22.2 Å². The minimum Gasteiger partial charge on any atom is -0.465 e. The van der Waals surface area contributed by atoms with Crippen molar-refractivity contribution >= 4 is 16.9 Å². The highest BCUT2D eigenvalue weighted by molar-refractivity contribution is 5.96. The van der Waals surface area contributed by atoms with Gasteiger partial charge >= 0.3 is 5.97 Å². The quantitative estimate of drug-likeness (QED) is 0.414. The number of carbonyl (C=O) groups is 1. The zero-order valence-electron chi connectivity index (χ0n) is 17.8. The summed E-state index contributed by atoms with van der Waals surface area (Å²) in [7, 11) is 1.32. The molecule has 0 saturated carbocycles. The molecule has 0 unspecified atom stereocenters. The molecule has 1 aromatic heterocycles. The van der Waals surface area contributed by atoms with Gasteiger partial charge in [-0.25, -0.2) is 9.89 Å². The molecule has 0 spiro atoms. The maximum atomic E-state index is 12.4. The summed E-state index contributed by atoms with van der Waals surface area (Å²) in [5, 5.41) is 7.61. The molecule has 1 atom stereocenters. The third-order valence-corrected chi connectivity index (χ3v) is 5.91. The Balaban J connectivity index is 1.69. The fraction of sp³-hybridized carbons (Fsp3) is 0.160. The van der Waals surface area contributed by atoms with Gasteiger partial charge in [-0.05, 0) is 24.1 Å². The predicted octanol–water partition coefficient (Wildman–Crippen LogP) is 4.08. The number of hydrogen-bond acceptors (Lipinski definition) is 4. The predicted molar refractivity (Wildman–Crippen MR) is 122 cm³/mol. The van der Waals surface area contributed by atoms with Crippen LogP contribution in [0, 0.1) is 6.92 Å². The number of pyridine rings is 1. The molecule has 0 amide bonds. The lowest BCUT2D eigenvalue weighted by atomic mass is 9.89. The number of aromatic amines is 2. The molecule has 32 heavy (non-hydrogen) atoms. The van der Waals surface area contributed by atoms with Gasteiger partial charge in [-0.15, -0.1) is 0 Å². The number of esters is 1. The van der Waals surface area contributed by atoms with Crippen LogP contribution in [0.1, 0.15) is 33.1 Å². The molecule has 2 aliphatic heterocycles. The molecule has 7 heteroatoms. The molecular formula is C25H22N4O3. The van der Waals surface area contributed by atoms with E-state index in [1.165, 1.54) is 12.7 Å². The Morgan fingerprint density at radius 2 is 1.84 bits per heavy atom. The van der Waals surface area contributed by atoms with E-state index in [-0.39, 0.29) is 17.0 Å². The van der Waals surface area contributed by atoms with Gasteiger partial charge in [0, 0.05) is 41.5 Å². The first-order valence-corrected chi connectivity index (χ1v) is 10.4. The van der Waals surface area contributed by atoms with E-state index in [2.05, 4.69) is 46.4 Å². The van der Waals surface area contributed by atoms with Crippen molar-refractivity contribution in [2.75, 3.05) is 7.11 Å². The Labute approximate surface area is 184 Å². The van der Waals surface area contributed by atoms with Crippen LogP contribution in [0.3, 0.4) is 0 Å². The molecule has 3 aromatic rings. The first-order valence-electron chi connectivity index (χ1n) is 10.4. The van der Waals surface area contributed by atoms with Crippen LogP contribution in [0.4, 0.5) is 0 Å². The fourth-order valence-corrected chi connectivity index (χ4v) is 4.46. The number of fused-ring (bicyclic) bond motifs is 2. The van der Waals surface area contributed by atoms with Crippen molar-refractivity contribution in [3.05, 3.63) is 99.7 Å². The van der Waals surface area contributed by atoms with Gasteiger partial charge in [-0.3, -0.25) is 4.79 Å². The lowest BCUT2D eigenvalue weighted by Crippen LogP contribution is -2.16. The molecule has 2 N–H and O–H groups in total. The third kappa shape index (κ3) is 3.28. The number of hydrogen-bond donors (Lipinski definition) is 2. The minimum absolute atomic E-state index is 0.0118. The number of aromatic nitrogens is 4. The van der Waals surface area contributed by atoms with Crippen LogP contribution >= 0.6 is 0 Å². The smallest absolute Gasteiger partial charge is 0.341 e. The van der Waals surface area contributed by atoms with Crippen LogP contribution in [-0.4, -0.2) is 32.8 Å². The van der Waals surface area contributed by atoms with E-state index >= 15 is 0 Å². The molecule has 0 aliphatic carbocycles. The van der Waals surface area contributed by atoms with Gasteiger partial charge in [0.2, 0.25) is 0 Å². The average molecular weight is 426 g/mol. The molecule has 0 saturated heterocycles. The number of rotatable bonds is 5. The number of nitrogens with zero attached hydrogens (tertiary/aromatic N) is 2. The van der Waals surface area contributed by atoms with Crippen molar-refractivity contribution in [3.63, 3.8) is 0 Å². The Hall–Kier alpha value is -4.13. The third-order valence-electron chi connectivity index (χ3n) is 5.91. The minimum atomic E-state index is -0.532. The molecule has 160 valence electrons. The lowest BCUT2D eigenvalue weighted by Gasteiger charge is -2.21. The highest BCUT2D eigenvalue weighted by Crippen LogP contribution is 2.35. The maximum Gasteiger partial charge on any atom is 0.341 e. The van der Waals surface area contributed by atoms with Gasteiger partial charge in [0.05, 0.1) is 12.7 Å². The van der Waals surface area contributed by atoms with Crippen molar-refractivity contribution in [3.8, 4) is 11.3 Å². The number of H-pyrrole nitrogens is 2. The van der Waals surface area contributed by atoms with Crippen molar-refractivity contribution in [1.82, 2.24) is 19.7 Å². The first kappa shape index (κ1) is 19.8. The van der Waals surface area contributed by atoms with Crippen molar-refractivity contribution in [1.29, 1.82) is 0 Å². The zero-order chi connectivity index (χ0) is 22.2. The van der Waals surface area contributed by atoms with Gasteiger partial charge < -0.3 is 14.3 Å². The maximum absolute atomic E-state index is 12.4. The van der Waals surface area contributed by atoms with E-state index < -0.39 is 5.97 Å². The SMILES string of the molecule is COC(=O)c1cn(C[C@@H](c2ccccc2)c2c(C)[nH]c3ccccc23)cc2c(=O)[nH]nc1-2. The topological polar surface area (TPSA) is 92.8 Å². The molecular weight excluding hydrogens is 404 g/mol. The molecule has 7 nitrogen and oxygen atoms in total. The molecule has 0 bridgehead atoms. The summed E-state index contributed by atoms with van der Waals surface area (Å²) in [6.45, 7) is 2.60. The van der Waals surface area contributed by atoms with Gasteiger partial charge in [0.25, 0.3) is 5.56 Å². The Kier molecular flexibility index (Phi) is 4.86. The number of benzene rings is 2. The standard InChI is InChI=1S/C25H22N4O3/c1-15-22(17-10-6-7-11-21(17)26-15)18(16-8-4-3-5-9-16)12-29-13-19-23(27-28-24(19)30)20(14-29)25(31)32-2/h3-11,13-14,18,26H,12H2,1-2H3,(H,28,30)/t18-/m0/s1. The van der Waals surface area contributed by atoms with Crippen LogP contribution in [-0.2, 0) is 11.3 Å².